The Morgan fingerprint density at radius 1 is 1.07 bits per heavy atom. The van der Waals surface area contributed by atoms with Crippen LogP contribution in [0.2, 0.25) is 0 Å². The van der Waals surface area contributed by atoms with Crippen molar-refractivity contribution in [2.45, 2.75) is 11.8 Å². The van der Waals surface area contributed by atoms with E-state index in [1.165, 1.54) is 6.92 Å². The van der Waals surface area contributed by atoms with Gasteiger partial charge in [0.15, 0.2) is 0 Å². The molecule has 0 unspecified atom stereocenters. The fourth-order valence-electron chi connectivity index (χ4n) is 2.70. The van der Waals surface area contributed by atoms with Crippen molar-refractivity contribution in [1.82, 2.24) is 4.90 Å². The normalized spacial score (nSPS) is 14.9. The summed E-state index contributed by atoms with van der Waals surface area (Å²) in [6.45, 7) is 1.06. The summed E-state index contributed by atoms with van der Waals surface area (Å²) < 4.78 is 0. The summed E-state index contributed by atoms with van der Waals surface area (Å²) in [7, 11) is 0. The first-order chi connectivity index (χ1) is 14.4. The van der Waals surface area contributed by atoms with Crippen LogP contribution >= 0.6 is 23.5 Å². The van der Waals surface area contributed by atoms with Gasteiger partial charge in [-0.15, -0.1) is 11.8 Å². The number of imide groups is 1. The molecule has 2 aromatic carbocycles. The largest absolute Gasteiger partial charge is 0.326 e. The van der Waals surface area contributed by atoms with Crippen LogP contribution in [-0.4, -0.2) is 40.7 Å². The van der Waals surface area contributed by atoms with Gasteiger partial charge in [-0.2, -0.15) is 0 Å². The number of nitrogens with one attached hydrogen (secondary N) is 2. The van der Waals surface area contributed by atoms with Gasteiger partial charge in [0.25, 0.3) is 11.1 Å². The van der Waals surface area contributed by atoms with Crippen molar-refractivity contribution in [3.8, 4) is 0 Å². The fraction of sp³-hybridized carbons (Fsp3) is 0.143. The summed E-state index contributed by atoms with van der Waals surface area (Å²) in [5.74, 6) is -1.14. The Bertz CT molecular complexity index is 1030. The van der Waals surface area contributed by atoms with Crippen LogP contribution in [0.25, 0.3) is 6.08 Å². The van der Waals surface area contributed by atoms with E-state index in [9.17, 15) is 19.2 Å². The van der Waals surface area contributed by atoms with Crippen LogP contribution in [-0.2, 0) is 14.4 Å². The molecular formula is C21H19N3O4S2. The minimum Gasteiger partial charge on any atom is -0.326 e. The van der Waals surface area contributed by atoms with Crippen molar-refractivity contribution in [2.75, 3.05) is 23.4 Å². The molecule has 3 rings (SSSR count). The molecule has 1 fully saturated rings. The van der Waals surface area contributed by atoms with E-state index in [4.69, 9.17) is 0 Å². The number of anilines is 2. The van der Waals surface area contributed by atoms with E-state index in [2.05, 4.69) is 10.6 Å². The zero-order valence-corrected chi connectivity index (χ0v) is 17.9. The van der Waals surface area contributed by atoms with Gasteiger partial charge in [-0.05, 0) is 60.0 Å². The van der Waals surface area contributed by atoms with Gasteiger partial charge in [-0.25, -0.2) is 0 Å². The summed E-state index contributed by atoms with van der Waals surface area (Å²) >= 11 is 2.34. The van der Waals surface area contributed by atoms with Gasteiger partial charge < -0.3 is 10.6 Å². The van der Waals surface area contributed by atoms with Crippen molar-refractivity contribution in [2.24, 2.45) is 0 Å². The average Bonchev–Trinajstić information content (AvgIpc) is 2.96. The summed E-state index contributed by atoms with van der Waals surface area (Å²) in [6, 6.07) is 14.2. The molecule has 4 amide bonds. The van der Waals surface area contributed by atoms with Gasteiger partial charge in [0, 0.05) is 23.2 Å². The standard InChI is InChI=1S/C21H19N3O4S2/c1-13(25)22-15-8-6-14(7-9-15)10-18-20(27)24(21(28)30-18)12-19(26)23-16-4-3-5-17(11-16)29-2/h3-11H,12H2,1-2H3,(H,22,25)(H,23,26)/b18-10-. The number of rotatable bonds is 6. The van der Waals surface area contributed by atoms with Gasteiger partial charge in [0.1, 0.15) is 6.54 Å². The third-order valence-corrected chi connectivity index (χ3v) is 5.69. The van der Waals surface area contributed by atoms with Crippen LogP contribution in [0, 0.1) is 0 Å². The second-order valence-corrected chi connectivity index (χ2v) is 8.22. The molecular weight excluding hydrogens is 422 g/mol. The zero-order valence-electron chi connectivity index (χ0n) is 16.3. The predicted molar refractivity (Wildman–Crippen MR) is 120 cm³/mol. The third kappa shape index (κ3) is 5.52. The van der Waals surface area contributed by atoms with Crippen LogP contribution in [0.5, 0.6) is 0 Å². The number of nitrogens with zero attached hydrogens (tertiary/aromatic N) is 1. The number of thioether (sulfide) groups is 2. The SMILES string of the molecule is CSc1cccc(NC(=O)CN2C(=O)S/C(=C\c3ccc(NC(C)=O)cc3)C2=O)c1. The number of amides is 4. The maximum absolute atomic E-state index is 12.6. The van der Waals surface area contributed by atoms with Gasteiger partial charge in [-0.1, -0.05) is 18.2 Å². The molecule has 0 spiro atoms. The summed E-state index contributed by atoms with van der Waals surface area (Å²) in [5, 5.41) is 4.88. The summed E-state index contributed by atoms with van der Waals surface area (Å²) in [6.07, 6.45) is 3.52. The maximum atomic E-state index is 12.6. The molecule has 0 radical (unpaired) electrons. The highest BCUT2D eigenvalue weighted by molar-refractivity contribution is 8.18. The van der Waals surface area contributed by atoms with Crippen molar-refractivity contribution >= 4 is 63.9 Å². The van der Waals surface area contributed by atoms with E-state index in [1.54, 1.807) is 48.2 Å². The first kappa shape index (κ1) is 21.7. The van der Waals surface area contributed by atoms with E-state index in [0.29, 0.717) is 16.9 Å². The number of benzene rings is 2. The van der Waals surface area contributed by atoms with Gasteiger partial charge >= 0.3 is 0 Å². The molecule has 7 nitrogen and oxygen atoms in total. The predicted octanol–water partition coefficient (Wildman–Crippen LogP) is 4.04. The molecule has 2 N–H and O–H groups in total. The molecule has 9 heteroatoms. The lowest BCUT2D eigenvalue weighted by Gasteiger charge is -2.12. The molecule has 0 aromatic heterocycles. The molecule has 30 heavy (non-hydrogen) atoms. The van der Waals surface area contributed by atoms with Crippen molar-refractivity contribution in [3.05, 3.63) is 59.0 Å². The van der Waals surface area contributed by atoms with E-state index in [0.717, 1.165) is 21.6 Å². The smallest absolute Gasteiger partial charge is 0.294 e. The molecule has 1 heterocycles. The van der Waals surface area contributed by atoms with Gasteiger partial charge in [-0.3, -0.25) is 24.1 Å². The Morgan fingerprint density at radius 3 is 2.47 bits per heavy atom. The molecule has 2 aromatic rings. The monoisotopic (exact) mass is 441 g/mol. The Labute approximate surface area is 182 Å². The van der Waals surface area contributed by atoms with Crippen LogP contribution in [0.3, 0.4) is 0 Å². The zero-order chi connectivity index (χ0) is 21.7. The van der Waals surface area contributed by atoms with Crippen LogP contribution < -0.4 is 10.6 Å². The lowest BCUT2D eigenvalue weighted by molar-refractivity contribution is -0.127. The van der Waals surface area contributed by atoms with E-state index in [1.807, 2.05) is 24.5 Å². The minimum atomic E-state index is -0.510. The molecule has 1 aliphatic heterocycles. The van der Waals surface area contributed by atoms with E-state index in [-0.39, 0.29) is 17.4 Å². The average molecular weight is 442 g/mol. The minimum absolute atomic E-state index is 0.178. The molecule has 0 atom stereocenters. The molecule has 1 saturated heterocycles. The molecule has 0 saturated carbocycles. The fourth-order valence-corrected chi connectivity index (χ4v) is 4.00. The first-order valence-electron chi connectivity index (χ1n) is 8.92. The molecule has 0 bridgehead atoms. The second-order valence-electron chi connectivity index (χ2n) is 6.35. The summed E-state index contributed by atoms with van der Waals surface area (Å²) in [5.41, 5.74) is 1.94. The van der Waals surface area contributed by atoms with Gasteiger partial charge in [0.05, 0.1) is 4.91 Å². The van der Waals surface area contributed by atoms with Gasteiger partial charge in [0.2, 0.25) is 11.8 Å². The third-order valence-electron chi connectivity index (χ3n) is 4.06. The molecule has 1 aliphatic rings. The van der Waals surface area contributed by atoms with E-state index >= 15 is 0 Å². The topological polar surface area (TPSA) is 95.6 Å². The lowest BCUT2D eigenvalue weighted by atomic mass is 10.2. The summed E-state index contributed by atoms with van der Waals surface area (Å²) in [4.78, 5) is 50.4. The van der Waals surface area contributed by atoms with Crippen LogP contribution in [0.4, 0.5) is 16.2 Å². The van der Waals surface area contributed by atoms with Crippen LogP contribution in [0.1, 0.15) is 12.5 Å². The highest BCUT2D eigenvalue weighted by atomic mass is 32.2. The Kier molecular flexibility index (Phi) is 6.96. The second kappa shape index (κ2) is 9.64. The van der Waals surface area contributed by atoms with Crippen LogP contribution in [0.15, 0.2) is 58.3 Å². The van der Waals surface area contributed by atoms with Crippen molar-refractivity contribution < 1.29 is 19.2 Å². The first-order valence-corrected chi connectivity index (χ1v) is 11.0. The lowest BCUT2D eigenvalue weighted by Crippen LogP contribution is -2.36. The number of hydrogen-bond donors (Lipinski definition) is 2. The number of hydrogen-bond acceptors (Lipinski definition) is 6. The molecule has 154 valence electrons. The number of carbonyl (C=O) groups is 4. The maximum Gasteiger partial charge on any atom is 0.294 e. The quantitative estimate of drug-likeness (QED) is 0.519. The molecule has 0 aliphatic carbocycles. The Balaban J connectivity index is 1.65. The van der Waals surface area contributed by atoms with Crippen molar-refractivity contribution in [1.29, 1.82) is 0 Å². The Hall–Kier alpha value is -3.04. The number of carbonyl (C=O) groups excluding carboxylic acids is 4. The highest BCUT2D eigenvalue weighted by Crippen LogP contribution is 2.32. The van der Waals surface area contributed by atoms with Crippen molar-refractivity contribution in [3.63, 3.8) is 0 Å². The Morgan fingerprint density at radius 2 is 1.80 bits per heavy atom. The highest BCUT2D eigenvalue weighted by Gasteiger charge is 2.36. The van der Waals surface area contributed by atoms with E-state index < -0.39 is 17.1 Å².